The molecule has 0 bridgehead atoms. The topological polar surface area (TPSA) is 67.9 Å². The zero-order chi connectivity index (χ0) is 20.1. The molecule has 0 aromatic heterocycles. The van der Waals surface area contributed by atoms with E-state index in [0.717, 1.165) is 6.07 Å². The van der Waals surface area contributed by atoms with Crippen molar-refractivity contribution in [3.8, 4) is 0 Å². The minimum absolute atomic E-state index is 0.0290. The first kappa shape index (κ1) is 19.0. The average molecular weight is 398 g/mol. The normalized spacial score (nSPS) is 27.2. The average Bonchev–Trinajstić information content (AvgIpc) is 2.94. The van der Waals surface area contributed by atoms with Crippen LogP contribution in [0.15, 0.2) is 18.2 Å². The lowest BCUT2D eigenvalue weighted by atomic mass is 9.68. The van der Waals surface area contributed by atoms with Gasteiger partial charge in [0.25, 0.3) is 0 Å². The fourth-order valence-electron chi connectivity index (χ4n) is 4.03. The number of cyclic esters (lactones) is 1. The Morgan fingerprint density at radius 2 is 2.07 bits per heavy atom. The second kappa shape index (κ2) is 6.65. The van der Waals surface area contributed by atoms with Gasteiger partial charge in [-0.1, -0.05) is 12.1 Å². The Kier molecular flexibility index (Phi) is 4.52. The van der Waals surface area contributed by atoms with Crippen molar-refractivity contribution in [1.82, 2.24) is 10.2 Å². The maximum atomic E-state index is 13.0. The fourth-order valence-corrected chi connectivity index (χ4v) is 4.03. The Morgan fingerprint density at radius 1 is 1.36 bits per heavy atom. The molecule has 1 saturated carbocycles. The molecule has 4 rings (SSSR count). The summed E-state index contributed by atoms with van der Waals surface area (Å²) in [5.41, 5.74) is -0.403. The molecular formula is C19H21F3N2O4. The zero-order valence-electron chi connectivity index (χ0n) is 15.3. The molecule has 0 unspecified atom stereocenters. The van der Waals surface area contributed by atoms with Crippen LogP contribution >= 0.6 is 0 Å². The molecule has 2 saturated heterocycles. The Bertz CT molecular complexity index is 799. The molecular weight excluding hydrogens is 377 g/mol. The molecule has 1 aromatic carbocycles. The number of benzene rings is 1. The van der Waals surface area contributed by atoms with Gasteiger partial charge in [-0.2, -0.15) is 13.2 Å². The first-order valence-electron chi connectivity index (χ1n) is 9.17. The molecule has 2 amide bonds. The van der Waals surface area contributed by atoms with Gasteiger partial charge >= 0.3 is 12.3 Å². The van der Waals surface area contributed by atoms with Gasteiger partial charge in [0.2, 0.25) is 5.91 Å². The van der Waals surface area contributed by atoms with Crippen molar-refractivity contribution in [3.05, 3.63) is 34.9 Å². The molecule has 9 heteroatoms. The van der Waals surface area contributed by atoms with Gasteiger partial charge in [0.05, 0.1) is 23.8 Å². The van der Waals surface area contributed by atoms with Gasteiger partial charge in [-0.3, -0.25) is 4.79 Å². The molecule has 0 radical (unpaired) electrons. The molecule has 1 aliphatic carbocycles. The second-order valence-corrected chi connectivity index (χ2v) is 7.91. The van der Waals surface area contributed by atoms with Gasteiger partial charge in [-0.25, -0.2) is 4.79 Å². The summed E-state index contributed by atoms with van der Waals surface area (Å²) >= 11 is 0. The van der Waals surface area contributed by atoms with E-state index in [1.807, 2.05) is 0 Å². The summed E-state index contributed by atoms with van der Waals surface area (Å²) in [4.78, 5) is 25.3. The fraction of sp³-hybridized carbons (Fsp3) is 0.579. The number of rotatable bonds is 4. The SMILES string of the molecule is Cc1ccc(COC2CN(C(=O)[C@H]3C[C@]4(COC(=O)N4)C3)C2)cc1C(F)(F)F. The van der Waals surface area contributed by atoms with Crippen LogP contribution in [0.1, 0.15) is 29.5 Å². The van der Waals surface area contributed by atoms with Crippen LogP contribution in [0.5, 0.6) is 0 Å². The van der Waals surface area contributed by atoms with E-state index in [1.54, 1.807) is 11.0 Å². The monoisotopic (exact) mass is 398 g/mol. The molecule has 152 valence electrons. The smallest absolute Gasteiger partial charge is 0.416 e. The number of nitrogens with one attached hydrogen (secondary N) is 1. The number of alkyl carbamates (subject to hydrolysis) is 1. The van der Waals surface area contributed by atoms with Crippen molar-refractivity contribution in [2.24, 2.45) is 5.92 Å². The number of likely N-dealkylation sites (tertiary alicyclic amines) is 1. The third-order valence-corrected chi connectivity index (χ3v) is 5.72. The van der Waals surface area contributed by atoms with Crippen molar-refractivity contribution < 1.29 is 32.2 Å². The largest absolute Gasteiger partial charge is 0.447 e. The quantitative estimate of drug-likeness (QED) is 0.847. The van der Waals surface area contributed by atoms with Crippen molar-refractivity contribution in [1.29, 1.82) is 0 Å². The summed E-state index contributed by atoms with van der Waals surface area (Å²) < 4.78 is 49.5. The number of carbonyl (C=O) groups excluding carboxylic acids is 2. The summed E-state index contributed by atoms with van der Waals surface area (Å²) in [5, 5.41) is 2.76. The number of nitrogens with zero attached hydrogens (tertiary/aromatic N) is 1. The van der Waals surface area contributed by atoms with Gasteiger partial charge < -0.3 is 19.7 Å². The highest BCUT2D eigenvalue weighted by Crippen LogP contribution is 2.42. The van der Waals surface area contributed by atoms with Crippen molar-refractivity contribution >= 4 is 12.0 Å². The van der Waals surface area contributed by atoms with Gasteiger partial charge in [0.15, 0.2) is 0 Å². The molecule has 1 spiro atoms. The van der Waals surface area contributed by atoms with Crippen molar-refractivity contribution in [2.75, 3.05) is 19.7 Å². The summed E-state index contributed by atoms with van der Waals surface area (Å²) in [6, 6.07) is 4.18. The number of carbonyl (C=O) groups is 2. The number of aryl methyl sites for hydroxylation is 1. The van der Waals surface area contributed by atoms with E-state index >= 15 is 0 Å². The first-order chi connectivity index (χ1) is 13.2. The van der Waals surface area contributed by atoms with Gasteiger partial charge in [0.1, 0.15) is 6.61 Å². The third kappa shape index (κ3) is 3.55. The van der Waals surface area contributed by atoms with Crippen LogP contribution in [0.2, 0.25) is 0 Å². The van der Waals surface area contributed by atoms with E-state index in [-0.39, 0.29) is 35.6 Å². The lowest BCUT2D eigenvalue weighted by Gasteiger charge is -2.47. The molecule has 3 fully saturated rings. The van der Waals surface area contributed by atoms with Gasteiger partial charge in [0, 0.05) is 19.0 Å². The molecule has 6 nitrogen and oxygen atoms in total. The number of hydrogen-bond acceptors (Lipinski definition) is 4. The predicted molar refractivity (Wildman–Crippen MR) is 91.3 cm³/mol. The third-order valence-electron chi connectivity index (χ3n) is 5.72. The molecule has 28 heavy (non-hydrogen) atoms. The summed E-state index contributed by atoms with van der Waals surface area (Å²) in [7, 11) is 0. The minimum atomic E-state index is -4.39. The number of halogens is 3. The van der Waals surface area contributed by atoms with Gasteiger partial charge in [-0.15, -0.1) is 0 Å². The Morgan fingerprint density at radius 3 is 2.68 bits per heavy atom. The van der Waals surface area contributed by atoms with E-state index in [4.69, 9.17) is 9.47 Å². The number of hydrogen-bond donors (Lipinski definition) is 1. The zero-order valence-corrected chi connectivity index (χ0v) is 15.3. The van der Waals surface area contributed by atoms with Crippen molar-refractivity contribution in [3.63, 3.8) is 0 Å². The summed E-state index contributed by atoms with van der Waals surface area (Å²) in [6.07, 6.45) is -3.85. The van der Waals surface area contributed by atoms with E-state index < -0.39 is 17.8 Å². The summed E-state index contributed by atoms with van der Waals surface area (Å²) in [5.74, 6) is -0.101. The highest BCUT2D eigenvalue weighted by Gasteiger charge is 2.54. The number of ether oxygens (including phenoxy) is 2. The second-order valence-electron chi connectivity index (χ2n) is 7.91. The number of amides is 2. The van der Waals surface area contributed by atoms with E-state index in [2.05, 4.69) is 5.32 Å². The highest BCUT2D eigenvalue weighted by molar-refractivity contribution is 5.82. The van der Waals surface area contributed by atoms with E-state index in [9.17, 15) is 22.8 Å². The van der Waals surface area contributed by atoms with E-state index in [1.165, 1.54) is 13.0 Å². The van der Waals surface area contributed by atoms with Crippen LogP contribution < -0.4 is 5.32 Å². The van der Waals surface area contributed by atoms with Crippen LogP contribution in [0, 0.1) is 12.8 Å². The maximum Gasteiger partial charge on any atom is 0.416 e. The number of alkyl halides is 3. The van der Waals surface area contributed by atoms with Crippen LogP contribution in [-0.2, 0) is 27.1 Å². The summed E-state index contributed by atoms with van der Waals surface area (Å²) in [6.45, 7) is 2.67. The molecule has 3 aliphatic rings. The maximum absolute atomic E-state index is 13.0. The molecule has 1 N–H and O–H groups in total. The molecule has 1 aromatic rings. The van der Waals surface area contributed by atoms with Gasteiger partial charge in [-0.05, 0) is 37.0 Å². The van der Waals surface area contributed by atoms with Crippen LogP contribution in [0.25, 0.3) is 0 Å². The Labute approximate surface area is 160 Å². The van der Waals surface area contributed by atoms with E-state index in [0.29, 0.717) is 38.1 Å². The Balaban J connectivity index is 1.22. The first-order valence-corrected chi connectivity index (χ1v) is 9.17. The molecule has 2 heterocycles. The minimum Gasteiger partial charge on any atom is -0.447 e. The van der Waals surface area contributed by atoms with Crippen LogP contribution in [-0.4, -0.2) is 48.2 Å². The van der Waals surface area contributed by atoms with Crippen molar-refractivity contribution in [2.45, 2.75) is 44.2 Å². The standard InChI is InChI=1S/C19H21F3N2O4/c1-11-2-3-12(4-15(11)19(20,21)22)9-27-14-7-24(8-14)16(25)13-5-18(6-13)10-28-17(26)23-18/h2-4,13-14H,5-10H2,1H3,(H,23,26)/t13-,18+. The lowest BCUT2D eigenvalue weighted by Crippen LogP contribution is -2.62. The molecule has 0 atom stereocenters. The predicted octanol–water partition coefficient (Wildman–Crippen LogP) is 2.63. The lowest BCUT2D eigenvalue weighted by molar-refractivity contribution is -0.155. The molecule has 2 aliphatic heterocycles. The highest BCUT2D eigenvalue weighted by atomic mass is 19.4. The van der Waals surface area contributed by atoms with Crippen LogP contribution in [0.3, 0.4) is 0 Å². The Hall–Kier alpha value is -2.29. The van der Waals surface area contributed by atoms with Crippen LogP contribution in [0.4, 0.5) is 18.0 Å².